The third-order valence-corrected chi connectivity index (χ3v) is 5.60. The minimum Gasteiger partial charge on any atom is -0.508 e. The number of carboxylic acid groups (broad SMARTS) is 1. The molecule has 1 aromatic carbocycles. The summed E-state index contributed by atoms with van der Waals surface area (Å²) in [7, 11) is 0. The quantitative estimate of drug-likeness (QED) is 0.232. The fraction of sp³-hybridized carbons (Fsp3) is 0.545. The molecule has 4 atom stereocenters. The molecule has 0 aromatic heterocycles. The Bertz CT molecular complexity index is 818. The van der Waals surface area contributed by atoms with Crippen molar-refractivity contribution in [2.75, 3.05) is 12.0 Å². The van der Waals surface area contributed by atoms with Gasteiger partial charge in [0.15, 0.2) is 0 Å². The molecule has 0 aliphatic heterocycles. The lowest BCUT2D eigenvalue weighted by Gasteiger charge is -2.26. The van der Waals surface area contributed by atoms with Crippen molar-refractivity contribution in [3.05, 3.63) is 29.8 Å². The molecule has 0 fully saturated rings. The van der Waals surface area contributed by atoms with Gasteiger partial charge in [0.1, 0.15) is 23.9 Å². The predicted molar refractivity (Wildman–Crippen MR) is 127 cm³/mol. The molecule has 10 nitrogen and oxygen atoms in total. The molecule has 0 saturated heterocycles. The van der Waals surface area contributed by atoms with E-state index < -0.39 is 47.9 Å². The van der Waals surface area contributed by atoms with Gasteiger partial charge < -0.3 is 31.9 Å². The van der Waals surface area contributed by atoms with Crippen molar-refractivity contribution >= 4 is 35.5 Å². The first kappa shape index (κ1) is 28.2. The van der Waals surface area contributed by atoms with Gasteiger partial charge in [-0.2, -0.15) is 11.8 Å². The standard InChI is InChI=1S/C22H34N4O6S/c1-12(2)18(26-19(28)13(3)24-20(29)16(23)9-10-33-4)21(30)25-17(22(31)32)11-14-5-7-15(27)8-6-14/h5-8,12-13,16-18,27H,9-11,23H2,1-4H3,(H,24,29)(H,25,30)(H,26,28)(H,31,32). The normalized spacial score (nSPS) is 14.6. The first-order valence-electron chi connectivity index (χ1n) is 10.6. The Labute approximate surface area is 198 Å². The fourth-order valence-corrected chi connectivity index (χ4v) is 3.39. The van der Waals surface area contributed by atoms with Crippen LogP contribution in [0.1, 0.15) is 32.8 Å². The van der Waals surface area contributed by atoms with Gasteiger partial charge in [0, 0.05) is 6.42 Å². The van der Waals surface area contributed by atoms with Crippen molar-refractivity contribution in [1.82, 2.24) is 16.0 Å². The fourth-order valence-electron chi connectivity index (χ4n) is 2.90. The highest BCUT2D eigenvalue weighted by molar-refractivity contribution is 7.98. The number of aromatic hydroxyl groups is 1. The summed E-state index contributed by atoms with van der Waals surface area (Å²) in [6.45, 7) is 4.90. The largest absolute Gasteiger partial charge is 0.508 e. The smallest absolute Gasteiger partial charge is 0.326 e. The van der Waals surface area contributed by atoms with E-state index in [-0.39, 0.29) is 18.1 Å². The predicted octanol–water partition coefficient (Wildman–Crippen LogP) is 0.230. The number of carboxylic acids is 1. The summed E-state index contributed by atoms with van der Waals surface area (Å²) in [4.78, 5) is 49.2. The molecule has 0 aliphatic carbocycles. The van der Waals surface area contributed by atoms with Gasteiger partial charge in [-0.05, 0) is 49.0 Å². The summed E-state index contributed by atoms with van der Waals surface area (Å²) in [6, 6.07) is 2.06. The molecule has 3 amide bonds. The van der Waals surface area contributed by atoms with E-state index in [0.717, 1.165) is 0 Å². The van der Waals surface area contributed by atoms with Crippen LogP contribution >= 0.6 is 11.8 Å². The summed E-state index contributed by atoms with van der Waals surface area (Å²) in [5, 5.41) is 26.5. The van der Waals surface area contributed by atoms with Gasteiger partial charge in [0.25, 0.3) is 0 Å². The maximum absolute atomic E-state index is 12.8. The lowest BCUT2D eigenvalue weighted by atomic mass is 10.0. The van der Waals surface area contributed by atoms with Gasteiger partial charge in [-0.25, -0.2) is 4.79 Å². The lowest BCUT2D eigenvalue weighted by molar-refractivity contribution is -0.142. The van der Waals surface area contributed by atoms with E-state index in [1.54, 1.807) is 37.7 Å². The number of phenols is 1. The molecule has 33 heavy (non-hydrogen) atoms. The third kappa shape index (κ3) is 9.70. The number of thioether (sulfide) groups is 1. The average molecular weight is 483 g/mol. The number of aliphatic carboxylic acids is 1. The molecule has 7 N–H and O–H groups in total. The number of carbonyl (C=O) groups is 4. The molecule has 0 radical (unpaired) electrons. The summed E-state index contributed by atoms with van der Waals surface area (Å²) in [5.41, 5.74) is 6.42. The van der Waals surface area contributed by atoms with Crippen LogP contribution in [0.15, 0.2) is 24.3 Å². The minimum absolute atomic E-state index is 0.000505. The second kappa shape index (κ2) is 13.7. The van der Waals surface area contributed by atoms with Crippen LogP contribution in [-0.2, 0) is 25.6 Å². The van der Waals surface area contributed by atoms with Gasteiger partial charge in [-0.15, -0.1) is 0 Å². The molecule has 0 aliphatic rings. The number of amides is 3. The molecule has 0 heterocycles. The van der Waals surface area contributed by atoms with E-state index in [1.165, 1.54) is 19.1 Å². The topological polar surface area (TPSA) is 171 Å². The number of nitrogens with one attached hydrogen (secondary N) is 3. The molecule has 0 spiro atoms. The molecule has 0 bridgehead atoms. The Morgan fingerprint density at radius 3 is 2.09 bits per heavy atom. The Morgan fingerprint density at radius 1 is 0.970 bits per heavy atom. The highest BCUT2D eigenvalue weighted by Gasteiger charge is 2.30. The van der Waals surface area contributed by atoms with Gasteiger partial charge in [-0.3, -0.25) is 14.4 Å². The van der Waals surface area contributed by atoms with Gasteiger partial charge in [0.05, 0.1) is 6.04 Å². The summed E-state index contributed by atoms with van der Waals surface area (Å²) < 4.78 is 0. The van der Waals surface area contributed by atoms with Crippen molar-refractivity contribution in [3.8, 4) is 5.75 Å². The second-order valence-corrected chi connectivity index (χ2v) is 9.10. The van der Waals surface area contributed by atoms with E-state index in [9.17, 15) is 29.4 Å². The van der Waals surface area contributed by atoms with Crippen molar-refractivity contribution in [2.45, 2.75) is 57.8 Å². The Balaban J connectivity index is 2.77. The molecule has 4 unspecified atom stereocenters. The van der Waals surface area contributed by atoms with Crippen LogP contribution in [0.5, 0.6) is 5.75 Å². The molecule has 1 aromatic rings. The van der Waals surface area contributed by atoms with Gasteiger partial charge in [-0.1, -0.05) is 26.0 Å². The summed E-state index contributed by atoms with van der Waals surface area (Å²) >= 11 is 1.56. The van der Waals surface area contributed by atoms with E-state index in [2.05, 4.69) is 16.0 Å². The summed E-state index contributed by atoms with van der Waals surface area (Å²) in [5.74, 6) is -2.52. The SMILES string of the molecule is CSCCC(N)C(=O)NC(C)C(=O)NC(C(=O)NC(Cc1ccc(O)cc1)C(=O)O)C(C)C. The van der Waals surface area contributed by atoms with Crippen molar-refractivity contribution in [3.63, 3.8) is 0 Å². The van der Waals surface area contributed by atoms with E-state index in [4.69, 9.17) is 5.73 Å². The lowest BCUT2D eigenvalue weighted by Crippen LogP contribution is -2.58. The van der Waals surface area contributed by atoms with Crippen LogP contribution in [0.4, 0.5) is 0 Å². The number of benzene rings is 1. The average Bonchev–Trinajstić information content (AvgIpc) is 2.75. The number of hydrogen-bond acceptors (Lipinski definition) is 7. The van der Waals surface area contributed by atoms with Gasteiger partial charge >= 0.3 is 5.97 Å². The number of nitrogens with two attached hydrogens (primary N) is 1. The van der Waals surface area contributed by atoms with E-state index in [1.807, 2.05) is 6.26 Å². The first-order chi connectivity index (χ1) is 15.5. The number of hydrogen-bond donors (Lipinski definition) is 6. The van der Waals surface area contributed by atoms with Gasteiger partial charge in [0.2, 0.25) is 17.7 Å². The minimum atomic E-state index is -1.23. The molecule has 1 rings (SSSR count). The van der Waals surface area contributed by atoms with Crippen molar-refractivity contribution in [2.24, 2.45) is 11.7 Å². The first-order valence-corrected chi connectivity index (χ1v) is 12.0. The van der Waals surface area contributed by atoms with Crippen molar-refractivity contribution in [1.29, 1.82) is 0 Å². The third-order valence-electron chi connectivity index (χ3n) is 4.96. The Hall–Kier alpha value is -2.79. The summed E-state index contributed by atoms with van der Waals surface area (Å²) in [6.07, 6.45) is 2.37. The maximum atomic E-state index is 12.8. The molecule has 11 heteroatoms. The number of rotatable bonds is 13. The van der Waals surface area contributed by atoms with Crippen molar-refractivity contribution < 1.29 is 29.4 Å². The number of phenolic OH excluding ortho intramolecular Hbond substituents is 1. The monoisotopic (exact) mass is 482 g/mol. The van der Waals surface area contributed by atoms with Crippen LogP contribution in [0.25, 0.3) is 0 Å². The molecule has 184 valence electrons. The number of carbonyl (C=O) groups excluding carboxylic acids is 3. The zero-order valence-electron chi connectivity index (χ0n) is 19.3. The zero-order chi connectivity index (χ0) is 25.1. The molecular formula is C22H34N4O6S. The van der Waals surface area contributed by atoms with Crippen LogP contribution < -0.4 is 21.7 Å². The van der Waals surface area contributed by atoms with Crippen LogP contribution in [0, 0.1) is 5.92 Å². The second-order valence-electron chi connectivity index (χ2n) is 8.12. The molecular weight excluding hydrogens is 448 g/mol. The highest BCUT2D eigenvalue weighted by atomic mass is 32.2. The van der Waals surface area contributed by atoms with Crippen LogP contribution in [0.3, 0.4) is 0 Å². The Kier molecular flexibility index (Phi) is 11.7. The van der Waals surface area contributed by atoms with E-state index >= 15 is 0 Å². The maximum Gasteiger partial charge on any atom is 0.326 e. The Morgan fingerprint density at radius 2 is 1.58 bits per heavy atom. The van der Waals surface area contributed by atoms with E-state index in [0.29, 0.717) is 17.7 Å². The zero-order valence-corrected chi connectivity index (χ0v) is 20.1. The van der Waals surface area contributed by atoms with Crippen LogP contribution in [-0.4, -0.2) is 70.1 Å². The highest BCUT2D eigenvalue weighted by Crippen LogP contribution is 2.12. The molecule has 0 saturated carbocycles. The van der Waals surface area contributed by atoms with Crippen LogP contribution in [0.2, 0.25) is 0 Å².